The van der Waals surface area contributed by atoms with E-state index < -0.39 is 0 Å². The largest absolute Gasteiger partial charge is 0.393 e. The van der Waals surface area contributed by atoms with Crippen molar-refractivity contribution in [3.8, 4) is 0 Å². The van der Waals surface area contributed by atoms with Gasteiger partial charge in [0.1, 0.15) is 0 Å². The van der Waals surface area contributed by atoms with Gasteiger partial charge in [-0.05, 0) is 92.8 Å². The molecule has 3 atom stereocenters. The molecule has 5 fully saturated rings. The van der Waals surface area contributed by atoms with Crippen LogP contribution in [0.4, 0.5) is 0 Å². The smallest absolute Gasteiger partial charge is 0.0573 e. The van der Waals surface area contributed by atoms with Crippen LogP contribution in [0.3, 0.4) is 0 Å². The average Bonchev–Trinajstić information content (AvgIpc) is 2.30. The molecule has 0 aromatic carbocycles. The van der Waals surface area contributed by atoms with Gasteiger partial charge in [0.2, 0.25) is 0 Å². The minimum atomic E-state index is 0.0254. The van der Waals surface area contributed by atoms with Gasteiger partial charge in [-0.25, -0.2) is 0 Å². The van der Waals surface area contributed by atoms with E-state index in [-0.39, 0.29) is 6.10 Å². The molecule has 102 valence electrons. The van der Waals surface area contributed by atoms with E-state index in [1.807, 2.05) is 0 Å². The summed E-state index contributed by atoms with van der Waals surface area (Å²) in [5.74, 6) is 4.59. The molecule has 0 aromatic rings. The van der Waals surface area contributed by atoms with Crippen LogP contribution >= 0.6 is 0 Å². The zero-order valence-corrected chi connectivity index (χ0v) is 11.8. The quantitative estimate of drug-likeness (QED) is 0.743. The Labute approximate surface area is 111 Å². The van der Waals surface area contributed by atoms with E-state index in [1.165, 1.54) is 51.4 Å². The van der Waals surface area contributed by atoms with Gasteiger partial charge in [0.15, 0.2) is 0 Å². The molecule has 0 aromatic heterocycles. The van der Waals surface area contributed by atoms with Gasteiger partial charge in [0.05, 0.1) is 6.10 Å². The van der Waals surface area contributed by atoms with E-state index in [2.05, 4.69) is 6.92 Å². The Balaban J connectivity index is 1.62. The van der Waals surface area contributed by atoms with Crippen molar-refractivity contribution in [2.24, 2.45) is 35.0 Å². The van der Waals surface area contributed by atoms with Crippen LogP contribution in [0.15, 0.2) is 0 Å². The Morgan fingerprint density at radius 1 is 0.833 bits per heavy atom. The van der Waals surface area contributed by atoms with Crippen LogP contribution < -0.4 is 0 Å². The second kappa shape index (κ2) is 3.98. The van der Waals surface area contributed by atoms with E-state index >= 15 is 0 Å². The molecule has 18 heavy (non-hydrogen) atoms. The first-order valence-electron chi connectivity index (χ1n) is 8.33. The molecule has 0 radical (unpaired) electrons. The fraction of sp³-hybridized carbons (Fsp3) is 1.00. The monoisotopic (exact) mass is 248 g/mol. The third kappa shape index (κ3) is 1.69. The lowest BCUT2D eigenvalue weighted by Crippen LogP contribution is -2.53. The lowest BCUT2D eigenvalue weighted by molar-refractivity contribution is -0.132. The summed E-state index contributed by atoms with van der Waals surface area (Å²) in [4.78, 5) is 0. The number of aliphatic hydroxyl groups is 1. The molecule has 5 aliphatic carbocycles. The molecule has 0 aliphatic heterocycles. The van der Waals surface area contributed by atoms with Crippen molar-refractivity contribution in [1.29, 1.82) is 0 Å². The minimum Gasteiger partial charge on any atom is -0.393 e. The normalized spacial score (nSPS) is 59.0. The van der Waals surface area contributed by atoms with Crippen LogP contribution in [0.5, 0.6) is 0 Å². The molecule has 1 heteroatoms. The molecule has 0 amide bonds. The van der Waals surface area contributed by atoms with E-state index in [0.29, 0.717) is 11.3 Å². The highest BCUT2D eigenvalue weighted by atomic mass is 16.3. The molecule has 5 saturated carbocycles. The van der Waals surface area contributed by atoms with Gasteiger partial charge < -0.3 is 5.11 Å². The molecule has 1 nitrogen and oxygen atoms in total. The molecule has 0 spiro atoms. The molecular weight excluding hydrogens is 220 g/mol. The average molecular weight is 248 g/mol. The maximum atomic E-state index is 10.5. The summed E-state index contributed by atoms with van der Waals surface area (Å²) in [5.41, 5.74) is 0.572. The Hall–Kier alpha value is -0.0400. The summed E-state index contributed by atoms with van der Waals surface area (Å²) < 4.78 is 0. The second-order valence-corrected chi connectivity index (χ2v) is 8.37. The van der Waals surface area contributed by atoms with Gasteiger partial charge in [-0.1, -0.05) is 6.92 Å². The topological polar surface area (TPSA) is 20.2 Å². The molecule has 0 saturated heterocycles. The number of aliphatic hydroxyl groups excluding tert-OH is 1. The maximum Gasteiger partial charge on any atom is 0.0573 e. The maximum absolute atomic E-state index is 10.5. The van der Waals surface area contributed by atoms with Crippen LogP contribution in [0.2, 0.25) is 0 Å². The summed E-state index contributed by atoms with van der Waals surface area (Å²) in [6.07, 6.45) is 12.6. The molecular formula is C17H28O. The summed E-state index contributed by atoms with van der Waals surface area (Å²) in [6, 6.07) is 0. The van der Waals surface area contributed by atoms with Gasteiger partial charge in [-0.3, -0.25) is 0 Å². The predicted molar refractivity (Wildman–Crippen MR) is 73.1 cm³/mol. The molecule has 5 aliphatic rings. The summed E-state index contributed by atoms with van der Waals surface area (Å²) in [6.45, 7) is 2.40. The van der Waals surface area contributed by atoms with Crippen molar-refractivity contribution in [2.75, 3.05) is 0 Å². The van der Waals surface area contributed by atoms with E-state index in [0.717, 1.165) is 30.1 Å². The Kier molecular flexibility index (Phi) is 2.60. The van der Waals surface area contributed by atoms with Gasteiger partial charge in [0.25, 0.3) is 0 Å². The van der Waals surface area contributed by atoms with Crippen molar-refractivity contribution < 1.29 is 5.11 Å². The van der Waals surface area contributed by atoms with Crippen molar-refractivity contribution >= 4 is 0 Å². The van der Waals surface area contributed by atoms with E-state index in [9.17, 15) is 5.11 Å². The van der Waals surface area contributed by atoms with Gasteiger partial charge in [-0.15, -0.1) is 0 Å². The van der Waals surface area contributed by atoms with Crippen LogP contribution in [0, 0.1) is 35.0 Å². The third-order valence-corrected chi connectivity index (χ3v) is 6.95. The number of rotatable bonds is 1. The Morgan fingerprint density at radius 2 is 1.39 bits per heavy atom. The third-order valence-electron chi connectivity index (χ3n) is 6.95. The summed E-state index contributed by atoms with van der Waals surface area (Å²) >= 11 is 0. The number of hydrogen-bond donors (Lipinski definition) is 1. The Morgan fingerprint density at radius 3 is 1.94 bits per heavy atom. The molecule has 0 heterocycles. The van der Waals surface area contributed by atoms with Crippen LogP contribution in [0.25, 0.3) is 0 Å². The highest BCUT2D eigenvalue weighted by Crippen LogP contribution is 2.64. The van der Waals surface area contributed by atoms with Gasteiger partial charge in [0, 0.05) is 0 Å². The van der Waals surface area contributed by atoms with E-state index in [4.69, 9.17) is 0 Å². The predicted octanol–water partition coefficient (Wildman–Crippen LogP) is 4.00. The fourth-order valence-corrected chi connectivity index (χ4v) is 6.65. The SMILES string of the molecule is C[C@@H]1CC[C@@H](O)[C@H](C23CC4CC(CC(C4)C2)C3)C1. The van der Waals surface area contributed by atoms with Gasteiger partial charge in [-0.2, -0.15) is 0 Å². The fourth-order valence-electron chi connectivity index (χ4n) is 6.65. The highest BCUT2D eigenvalue weighted by Gasteiger charge is 2.55. The first-order valence-corrected chi connectivity index (χ1v) is 8.33. The van der Waals surface area contributed by atoms with Crippen LogP contribution in [0.1, 0.15) is 64.7 Å². The molecule has 4 bridgehead atoms. The van der Waals surface area contributed by atoms with Crippen molar-refractivity contribution in [3.05, 3.63) is 0 Å². The van der Waals surface area contributed by atoms with Crippen molar-refractivity contribution in [1.82, 2.24) is 0 Å². The lowest BCUT2D eigenvalue weighted by atomic mass is 9.44. The zero-order valence-electron chi connectivity index (χ0n) is 11.8. The second-order valence-electron chi connectivity index (χ2n) is 8.37. The van der Waals surface area contributed by atoms with Crippen molar-refractivity contribution in [2.45, 2.75) is 70.8 Å². The number of hydrogen-bond acceptors (Lipinski definition) is 1. The first kappa shape index (κ1) is 11.8. The van der Waals surface area contributed by atoms with E-state index in [1.54, 1.807) is 0 Å². The first-order chi connectivity index (χ1) is 8.64. The minimum absolute atomic E-state index is 0.0254. The Bertz CT molecular complexity index is 299. The van der Waals surface area contributed by atoms with Crippen LogP contribution in [-0.4, -0.2) is 11.2 Å². The highest BCUT2D eigenvalue weighted by molar-refractivity contribution is 5.06. The summed E-state index contributed by atoms with van der Waals surface area (Å²) in [7, 11) is 0. The summed E-state index contributed by atoms with van der Waals surface area (Å²) in [5, 5.41) is 10.5. The lowest BCUT2D eigenvalue weighted by Gasteiger charge is -2.61. The molecule has 0 unspecified atom stereocenters. The standard InChI is InChI=1S/C17H28O/c1-11-2-3-16(18)15(4-11)17-8-12-5-13(9-17)7-14(6-12)10-17/h11-16,18H,2-10H2,1H3/t11-,12?,13?,14?,15-,16-,17?/m1/s1. The zero-order chi connectivity index (χ0) is 12.3. The molecule has 1 N–H and O–H groups in total. The van der Waals surface area contributed by atoms with Crippen molar-refractivity contribution in [3.63, 3.8) is 0 Å². The molecule has 5 rings (SSSR count). The van der Waals surface area contributed by atoms with Gasteiger partial charge >= 0.3 is 0 Å². The van der Waals surface area contributed by atoms with Crippen LogP contribution in [-0.2, 0) is 0 Å².